The van der Waals surface area contributed by atoms with Gasteiger partial charge in [0, 0.05) is 22.5 Å². The van der Waals surface area contributed by atoms with Crippen LogP contribution >= 0.6 is 22.7 Å². The van der Waals surface area contributed by atoms with Crippen molar-refractivity contribution in [3.63, 3.8) is 0 Å². The van der Waals surface area contributed by atoms with Crippen molar-refractivity contribution in [3.8, 4) is 15.4 Å². The largest absolute Gasteiger partial charge is 0.360 e. The highest BCUT2D eigenvalue weighted by Crippen LogP contribution is 2.42. The summed E-state index contributed by atoms with van der Waals surface area (Å²) >= 11 is 3.34. The molecule has 14 heteroatoms. The van der Waals surface area contributed by atoms with E-state index >= 15 is 0 Å². The number of carbonyl (C=O) groups is 3. The Morgan fingerprint density at radius 1 is 0.967 bits per heavy atom. The molecule has 5 heterocycles. The van der Waals surface area contributed by atoms with Gasteiger partial charge >= 0.3 is 0 Å². The van der Waals surface area contributed by atoms with E-state index in [4.69, 9.17) is 9.73 Å². The molecule has 12 nitrogen and oxygen atoms in total. The number of thiazole rings is 1. The van der Waals surface area contributed by atoms with Crippen LogP contribution in [0, 0.1) is 33.1 Å². The van der Waals surface area contributed by atoms with Gasteiger partial charge in [-0.3, -0.25) is 23.9 Å². The van der Waals surface area contributed by atoms with Gasteiger partial charge in [0.1, 0.15) is 34.6 Å². The standard InChI is InChI=1S/C46H54N8O4S2/c1-25-29(5)60-43-36(25)37(48-28(4)40-52-51-30(6)54(40)43)33-14-12-31(13-15-33)23-58-46(20-21-46)44(57)50-39(45(7,8)9)42(56)53-22-10-11-35(53)41(55)49-26(2)32-16-18-34(19-17-32)38-27(3)47-24-59-38/h12-19,24,26,28,35,39H,10-11,20-23H2,1-9H3,(H,49,55)(H,50,57). The smallest absolute Gasteiger partial charge is 0.252 e. The number of carbonyl (C=O) groups excluding carboxylic acids is 3. The molecule has 314 valence electrons. The number of aromatic nitrogens is 4. The first-order valence-electron chi connectivity index (χ1n) is 20.8. The lowest BCUT2D eigenvalue weighted by atomic mass is 9.85. The number of likely N-dealkylation sites (tertiary alicyclic amines) is 1. The number of thiophene rings is 1. The maximum atomic E-state index is 14.3. The summed E-state index contributed by atoms with van der Waals surface area (Å²) in [7, 11) is 0. The van der Waals surface area contributed by atoms with E-state index in [1.807, 2.05) is 78.2 Å². The minimum atomic E-state index is -1.01. The van der Waals surface area contributed by atoms with Crippen LogP contribution in [0.4, 0.5) is 0 Å². The van der Waals surface area contributed by atoms with E-state index in [9.17, 15) is 14.4 Å². The highest BCUT2D eigenvalue weighted by Gasteiger charge is 2.53. The van der Waals surface area contributed by atoms with Crippen LogP contribution in [0.15, 0.2) is 59.0 Å². The minimum Gasteiger partial charge on any atom is -0.360 e. The zero-order valence-corrected chi connectivity index (χ0v) is 37.5. The number of ether oxygens (including phenoxy) is 1. The van der Waals surface area contributed by atoms with Gasteiger partial charge in [0.05, 0.1) is 34.4 Å². The van der Waals surface area contributed by atoms with Crippen LogP contribution in [0.3, 0.4) is 0 Å². The number of aryl methyl sites for hydroxylation is 3. The zero-order valence-electron chi connectivity index (χ0n) is 35.9. The van der Waals surface area contributed by atoms with Gasteiger partial charge in [-0.2, -0.15) is 0 Å². The fraction of sp³-hybridized carbons (Fsp3) is 0.457. The lowest BCUT2D eigenvalue weighted by molar-refractivity contribution is -0.147. The van der Waals surface area contributed by atoms with Crippen molar-refractivity contribution >= 4 is 46.1 Å². The van der Waals surface area contributed by atoms with Gasteiger partial charge in [-0.1, -0.05) is 69.3 Å². The fourth-order valence-electron chi connectivity index (χ4n) is 8.29. The van der Waals surface area contributed by atoms with Gasteiger partial charge < -0.3 is 20.3 Å². The Morgan fingerprint density at radius 3 is 2.32 bits per heavy atom. The molecule has 2 N–H and O–H groups in total. The minimum absolute atomic E-state index is 0.175. The van der Waals surface area contributed by atoms with Gasteiger partial charge in [0.2, 0.25) is 11.8 Å². The van der Waals surface area contributed by atoms with Crippen molar-refractivity contribution in [1.82, 2.24) is 35.3 Å². The second-order valence-corrected chi connectivity index (χ2v) is 19.7. The molecule has 2 aliphatic heterocycles. The fourth-order valence-corrected chi connectivity index (χ4v) is 10.3. The molecule has 8 rings (SSSR count). The third-order valence-electron chi connectivity index (χ3n) is 12.2. The molecule has 4 atom stereocenters. The Labute approximate surface area is 359 Å². The van der Waals surface area contributed by atoms with Crippen LogP contribution in [-0.4, -0.2) is 72.3 Å². The van der Waals surface area contributed by atoms with E-state index in [1.165, 1.54) is 10.4 Å². The normalized spacial score (nSPS) is 19.1. The Kier molecular flexibility index (Phi) is 11.2. The summed E-state index contributed by atoms with van der Waals surface area (Å²) < 4.78 is 8.52. The predicted octanol–water partition coefficient (Wildman–Crippen LogP) is 8.05. The molecular weight excluding hydrogens is 793 g/mol. The molecule has 3 amide bonds. The van der Waals surface area contributed by atoms with Crippen molar-refractivity contribution in [2.45, 2.75) is 124 Å². The molecule has 1 saturated heterocycles. The van der Waals surface area contributed by atoms with Gasteiger partial charge in [0.15, 0.2) is 5.82 Å². The van der Waals surface area contributed by atoms with Crippen molar-refractivity contribution in [2.75, 3.05) is 6.54 Å². The maximum absolute atomic E-state index is 14.3. The quantitative estimate of drug-likeness (QED) is 0.137. The lowest BCUT2D eigenvalue weighted by Crippen LogP contribution is -2.59. The molecule has 1 aliphatic carbocycles. The molecule has 60 heavy (non-hydrogen) atoms. The second kappa shape index (κ2) is 16.1. The molecule has 4 unspecified atom stereocenters. The number of aliphatic imine (C=N–C) groups is 1. The molecule has 1 saturated carbocycles. The van der Waals surface area contributed by atoms with Crippen LogP contribution in [0.25, 0.3) is 15.4 Å². The monoisotopic (exact) mass is 846 g/mol. The van der Waals surface area contributed by atoms with Crippen molar-refractivity contribution < 1.29 is 19.1 Å². The average molecular weight is 847 g/mol. The molecule has 3 aromatic heterocycles. The molecule has 2 aromatic carbocycles. The first-order chi connectivity index (χ1) is 28.6. The van der Waals surface area contributed by atoms with E-state index in [-0.39, 0.29) is 36.4 Å². The molecule has 0 bridgehead atoms. The van der Waals surface area contributed by atoms with E-state index in [0.717, 1.165) is 60.7 Å². The van der Waals surface area contributed by atoms with Crippen molar-refractivity contribution in [3.05, 3.63) is 104 Å². The molecular formula is C46H54N8O4S2. The number of nitrogens with zero attached hydrogens (tertiary/aromatic N) is 6. The number of hydrogen-bond acceptors (Lipinski definition) is 10. The Hall–Kier alpha value is -5.05. The number of rotatable bonds is 11. The SMILES string of the molecule is Cc1ncsc1-c1ccc(C(C)NC(=O)C2CCCN2C(=O)C(NC(=O)C2(OCc3ccc(C4=NC(C)c5nnc(C)n5-c5sc(C)c(C)c54)cc3)CC2)C(C)(C)C)cc1. The second-order valence-electron chi connectivity index (χ2n) is 17.6. The topological polar surface area (TPSA) is 144 Å². The van der Waals surface area contributed by atoms with E-state index < -0.39 is 23.1 Å². The van der Waals surface area contributed by atoms with Crippen LogP contribution < -0.4 is 10.6 Å². The summed E-state index contributed by atoms with van der Waals surface area (Å²) in [6, 6.07) is 14.5. The van der Waals surface area contributed by atoms with Crippen LogP contribution in [-0.2, 0) is 25.7 Å². The third-order valence-corrected chi connectivity index (χ3v) is 14.4. The first kappa shape index (κ1) is 41.7. The molecule has 0 radical (unpaired) electrons. The molecule has 5 aromatic rings. The Balaban J connectivity index is 0.910. The Bertz CT molecular complexity index is 2470. The zero-order chi connectivity index (χ0) is 42.7. The predicted molar refractivity (Wildman–Crippen MR) is 236 cm³/mol. The third kappa shape index (κ3) is 7.85. The number of benzene rings is 2. The molecule has 3 aliphatic rings. The number of nitrogens with one attached hydrogen (secondary N) is 2. The van der Waals surface area contributed by atoms with Crippen molar-refractivity contribution in [2.24, 2.45) is 10.4 Å². The Morgan fingerprint density at radius 2 is 1.67 bits per heavy atom. The van der Waals surface area contributed by atoms with Gasteiger partial charge in [-0.05, 0) is 94.9 Å². The number of hydrogen-bond donors (Lipinski definition) is 2. The first-order valence-corrected chi connectivity index (χ1v) is 22.5. The summed E-state index contributed by atoms with van der Waals surface area (Å²) in [5.41, 5.74) is 8.43. The number of amides is 3. The maximum Gasteiger partial charge on any atom is 0.252 e. The summed E-state index contributed by atoms with van der Waals surface area (Å²) in [6.07, 6.45) is 2.40. The van der Waals surface area contributed by atoms with Crippen LogP contribution in [0.5, 0.6) is 0 Å². The van der Waals surface area contributed by atoms with Gasteiger partial charge in [-0.15, -0.1) is 32.9 Å². The number of fused-ring (bicyclic) bond motifs is 3. The van der Waals surface area contributed by atoms with Gasteiger partial charge in [0.25, 0.3) is 5.91 Å². The van der Waals surface area contributed by atoms with Crippen LogP contribution in [0.1, 0.15) is 122 Å². The van der Waals surface area contributed by atoms with Gasteiger partial charge in [-0.25, -0.2) is 4.98 Å². The lowest BCUT2D eigenvalue weighted by Gasteiger charge is -2.36. The summed E-state index contributed by atoms with van der Waals surface area (Å²) in [5.74, 6) is 0.937. The summed E-state index contributed by atoms with van der Waals surface area (Å²) in [5, 5.41) is 16.2. The highest BCUT2D eigenvalue weighted by atomic mass is 32.1. The van der Waals surface area contributed by atoms with E-state index in [0.29, 0.717) is 32.2 Å². The average Bonchev–Trinajstić information content (AvgIpc) is 3.49. The van der Waals surface area contributed by atoms with E-state index in [2.05, 4.69) is 68.5 Å². The summed E-state index contributed by atoms with van der Waals surface area (Å²) in [4.78, 5) is 55.6. The summed E-state index contributed by atoms with van der Waals surface area (Å²) in [6.45, 7) is 18.8. The van der Waals surface area contributed by atoms with Crippen molar-refractivity contribution in [1.29, 1.82) is 0 Å². The highest BCUT2D eigenvalue weighted by molar-refractivity contribution is 7.15. The molecule has 2 fully saturated rings. The molecule has 0 spiro atoms. The van der Waals surface area contributed by atoms with Crippen LogP contribution in [0.2, 0.25) is 0 Å². The van der Waals surface area contributed by atoms with E-state index in [1.54, 1.807) is 27.6 Å².